The lowest BCUT2D eigenvalue weighted by Crippen LogP contribution is -2.51. The zero-order chi connectivity index (χ0) is 19.7. The first kappa shape index (κ1) is 23.2. The Kier molecular flexibility index (Phi) is 10.1. The molecule has 0 saturated heterocycles. The van der Waals surface area contributed by atoms with Gasteiger partial charge in [-0.1, -0.05) is 72.1 Å². The Labute approximate surface area is 170 Å². The molecule has 0 N–H and O–H groups in total. The molecule has 0 aromatic heterocycles. The van der Waals surface area contributed by atoms with Crippen molar-refractivity contribution in [1.29, 1.82) is 0 Å². The summed E-state index contributed by atoms with van der Waals surface area (Å²) in [7, 11) is 3.84. The molecule has 2 rings (SSSR count). The molecule has 2 nitrogen and oxygen atoms in total. The van der Waals surface area contributed by atoms with Gasteiger partial charge in [0.1, 0.15) is 0 Å². The van der Waals surface area contributed by atoms with Crippen molar-refractivity contribution in [2.24, 2.45) is 29.6 Å². The van der Waals surface area contributed by atoms with Crippen LogP contribution in [0.1, 0.15) is 111 Å². The van der Waals surface area contributed by atoms with E-state index in [2.05, 4.69) is 20.8 Å². The summed E-state index contributed by atoms with van der Waals surface area (Å²) in [6.45, 7) is 7.22. The van der Waals surface area contributed by atoms with Crippen LogP contribution in [0.4, 0.5) is 0 Å². The molecule has 2 heteroatoms. The highest BCUT2D eigenvalue weighted by molar-refractivity contribution is 4.94. The molecule has 2 saturated carbocycles. The highest BCUT2D eigenvalue weighted by atomic mass is 16.7. The molecule has 0 aliphatic heterocycles. The Balaban J connectivity index is 2.11. The van der Waals surface area contributed by atoms with Crippen LogP contribution in [0.3, 0.4) is 0 Å². The van der Waals surface area contributed by atoms with Crippen molar-refractivity contribution >= 4 is 0 Å². The average Bonchev–Trinajstić information content (AvgIpc) is 3.18. The normalized spacial score (nSPS) is 28.6. The maximum Gasteiger partial charge on any atom is 0.173 e. The van der Waals surface area contributed by atoms with Crippen molar-refractivity contribution in [3.63, 3.8) is 0 Å². The van der Waals surface area contributed by atoms with E-state index in [0.717, 1.165) is 17.8 Å². The van der Waals surface area contributed by atoms with Gasteiger partial charge in [0.05, 0.1) is 0 Å². The van der Waals surface area contributed by atoms with Crippen LogP contribution in [0.5, 0.6) is 0 Å². The van der Waals surface area contributed by atoms with E-state index < -0.39 is 0 Å². The zero-order valence-corrected chi connectivity index (χ0v) is 19.1. The van der Waals surface area contributed by atoms with Crippen LogP contribution in [0, 0.1) is 29.6 Å². The predicted molar refractivity (Wildman–Crippen MR) is 116 cm³/mol. The van der Waals surface area contributed by atoms with E-state index in [0.29, 0.717) is 11.8 Å². The monoisotopic (exact) mass is 380 g/mol. The van der Waals surface area contributed by atoms with Gasteiger partial charge in [0.25, 0.3) is 0 Å². The lowest BCUT2D eigenvalue weighted by atomic mass is 9.65. The SMILES string of the molecule is CCCCCCCCC(C1CC(C)CC(C)C1)C(OC)(OC)C1CCCC1. The standard InChI is InChI=1S/C25H48O2/c1-6-7-8-9-10-11-16-24(22-18-20(2)17-21(3)19-22)25(26-4,27-5)23-14-12-13-15-23/h20-24H,6-19H2,1-5H3. The van der Waals surface area contributed by atoms with Gasteiger partial charge in [-0.05, 0) is 56.3 Å². The van der Waals surface area contributed by atoms with Crippen molar-refractivity contribution in [2.75, 3.05) is 14.2 Å². The summed E-state index contributed by atoms with van der Waals surface area (Å²) in [4.78, 5) is 0. The summed E-state index contributed by atoms with van der Waals surface area (Å²) in [5.74, 6) is 3.26. The van der Waals surface area contributed by atoms with Crippen LogP contribution in [0.25, 0.3) is 0 Å². The average molecular weight is 381 g/mol. The Morgan fingerprint density at radius 2 is 1.37 bits per heavy atom. The molecule has 0 amide bonds. The summed E-state index contributed by atoms with van der Waals surface area (Å²) in [5, 5.41) is 0. The number of hydrogen-bond donors (Lipinski definition) is 0. The molecule has 0 aromatic rings. The third-order valence-electron chi connectivity index (χ3n) is 7.73. The highest BCUT2D eigenvalue weighted by Gasteiger charge is 2.50. The lowest BCUT2D eigenvalue weighted by Gasteiger charge is -2.48. The van der Waals surface area contributed by atoms with Gasteiger partial charge in [0.2, 0.25) is 0 Å². The van der Waals surface area contributed by atoms with Crippen molar-refractivity contribution < 1.29 is 9.47 Å². The van der Waals surface area contributed by atoms with E-state index in [1.807, 2.05) is 14.2 Å². The molecule has 3 unspecified atom stereocenters. The van der Waals surface area contributed by atoms with Crippen LogP contribution in [0.15, 0.2) is 0 Å². The number of rotatable bonds is 12. The van der Waals surface area contributed by atoms with Crippen molar-refractivity contribution in [3.05, 3.63) is 0 Å². The Morgan fingerprint density at radius 1 is 0.815 bits per heavy atom. The first-order chi connectivity index (χ1) is 13.1. The second-order valence-corrected chi connectivity index (χ2v) is 9.95. The minimum atomic E-state index is -0.346. The second-order valence-electron chi connectivity index (χ2n) is 9.95. The summed E-state index contributed by atoms with van der Waals surface area (Å²) in [6, 6.07) is 0. The molecule has 2 fully saturated rings. The topological polar surface area (TPSA) is 18.5 Å². The second kappa shape index (κ2) is 11.8. The number of unbranched alkanes of at least 4 members (excludes halogenated alkanes) is 5. The van der Waals surface area contributed by atoms with Crippen LogP contribution >= 0.6 is 0 Å². The molecule has 0 bridgehead atoms. The van der Waals surface area contributed by atoms with Gasteiger partial charge >= 0.3 is 0 Å². The summed E-state index contributed by atoms with van der Waals surface area (Å²) >= 11 is 0. The fraction of sp³-hybridized carbons (Fsp3) is 1.00. The maximum atomic E-state index is 6.33. The molecule has 0 aromatic carbocycles. The van der Waals surface area contributed by atoms with Gasteiger partial charge in [-0.25, -0.2) is 0 Å². The molecule has 2 aliphatic rings. The highest BCUT2D eigenvalue weighted by Crippen LogP contribution is 2.50. The van der Waals surface area contributed by atoms with E-state index in [1.165, 1.54) is 89.9 Å². The maximum absolute atomic E-state index is 6.33. The molecule has 0 radical (unpaired) electrons. The Morgan fingerprint density at radius 3 is 1.93 bits per heavy atom. The van der Waals surface area contributed by atoms with Crippen molar-refractivity contribution in [2.45, 2.75) is 116 Å². The summed E-state index contributed by atoms with van der Waals surface area (Å²) < 4.78 is 12.7. The molecular weight excluding hydrogens is 332 g/mol. The first-order valence-corrected chi connectivity index (χ1v) is 12.2. The molecule has 2 aliphatic carbocycles. The van der Waals surface area contributed by atoms with Crippen LogP contribution in [0.2, 0.25) is 0 Å². The van der Waals surface area contributed by atoms with E-state index in [9.17, 15) is 0 Å². The predicted octanol–water partition coefficient (Wildman–Crippen LogP) is 7.60. The summed E-state index contributed by atoms with van der Waals surface area (Å²) in [5.41, 5.74) is 0. The van der Waals surface area contributed by atoms with Crippen LogP contribution in [-0.2, 0) is 9.47 Å². The van der Waals surface area contributed by atoms with Gasteiger partial charge < -0.3 is 9.47 Å². The first-order valence-electron chi connectivity index (χ1n) is 12.2. The third-order valence-corrected chi connectivity index (χ3v) is 7.73. The van der Waals surface area contributed by atoms with Crippen molar-refractivity contribution in [3.8, 4) is 0 Å². The molecule has 0 spiro atoms. The fourth-order valence-corrected chi connectivity index (χ4v) is 6.60. The van der Waals surface area contributed by atoms with E-state index >= 15 is 0 Å². The molecule has 160 valence electrons. The van der Waals surface area contributed by atoms with Gasteiger partial charge in [-0.15, -0.1) is 0 Å². The van der Waals surface area contributed by atoms with E-state index in [-0.39, 0.29) is 5.79 Å². The van der Waals surface area contributed by atoms with Gasteiger partial charge in [-0.2, -0.15) is 0 Å². The van der Waals surface area contributed by atoms with Crippen molar-refractivity contribution in [1.82, 2.24) is 0 Å². The van der Waals surface area contributed by atoms with Gasteiger partial charge in [0, 0.05) is 26.1 Å². The minimum Gasteiger partial charge on any atom is -0.353 e. The zero-order valence-electron chi connectivity index (χ0n) is 19.1. The lowest BCUT2D eigenvalue weighted by molar-refractivity contribution is -0.284. The largest absolute Gasteiger partial charge is 0.353 e. The van der Waals surface area contributed by atoms with E-state index in [1.54, 1.807) is 0 Å². The molecule has 3 atom stereocenters. The Hall–Kier alpha value is -0.0800. The van der Waals surface area contributed by atoms with Crippen LogP contribution in [-0.4, -0.2) is 20.0 Å². The quantitative estimate of drug-likeness (QED) is 0.256. The number of ether oxygens (including phenoxy) is 2. The Bertz CT molecular complexity index is 374. The minimum absolute atomic E-state index is 0.346. The third kappa shape index (κ3) is 6.20. The number of methoxy groups -OCH3 is 2. The molecule has 0 heterocycles. The smallest absolute Gasteiger partial charge is 0.173 e. The van der Waals surface area contributed by atoms with Gasteiger partial charge in [-0.3, -0.25) is 0 Å². The number of hydrogen-bond acceptors (Lipinski definition) is 2. The van der Waals surface area contributed by atoms with E-state index in [4.69, 9.17) is 9.47 Å². The van der Waals surface area contributed by atoms with Gasteiger partial charge in [0.15, 0.2) is 5.79 Å². The van der Waals surface area contributed by atoms with Crippen LogP contribution < -0.4 is 0 Å². The summed E-state index contributed by atoms with van der Waals surface area (Å²) in [6.07, 6.45) is 18.9. The fourth-order valence-electron chi connectivity index (χ4n) is 6.60. The molecular formula is C25H48O2. The molecule has 27 heavy (non-hydrogen) atoms.